The van der Waals surface area contributed by atoms with Crippen LogP contribution in [0.3, 0.4) is 0 Å². The molecular formula is C6H9FO2. The first-order valence-corrected chi connectivity index (χ1v) is 2.59. The Bertz CT molecular complexity index is 112. The van der Waals surface area contributed by atoms with E-state index in [4.69, 9.17) is 0 Å². The van der Waals surface area contributed by atoms with Crippen molar-refractivity contribution in [3.05, 3.63) is 12.7 Å². The van der Waals surface area contributed by atoms with Gasteiger partial charge in [-0.15, -0.1) is 0 Å². The quantitative estimate of drug-likeness (QED) is 0.424. The van der Waals surface area contributed by atoms with E-state index in [1.165, 1.54) is 6.92 Å². The molecule has 0 aromatic heterocycles. The van der Waals surface area contributed by atoms with E-state index in [9.17, 15) is 9.18 Å². The molecule has 9 heavy (non-hydrogen) atoms. The largest absolute Gasteiger partial charge is 0.457 e. The van der Waals surface area contributed by atoms with E-state index >= 15 is 0 Å². The van der Waals surface area contributed by atoms with Crippen LogP contribution in [-0.2, 0) is 9.53 Å². The normalized spacial score (nSPS) is 12.2. The lowest BCUT2D eigenvalue weighted by Crippen LogP contribution is -2.14. The first kappa shape index (κ1) is 8.14. The van der Waals surface area contributed by atoms with Crippen molar-refractivity contribution in [3.8, 4) is 0 Å². The Kier molecular flexibility index (Phi) is 3.67. The number of halogens is 1. The van der Waals surface area contributed by atoms with Gasteiger partial charge in [0.05, 0.1) is 0 Å². The Morgan fingerprint density at radius 3 is 2.89 bits per heavy atom. The van der Waals surface area contributed by atoms with Crippen LogP contribution in [0.15, 0.2) is 12.7 Å². The van der Waals surface area contributed by atoms with Gasteiger partial charge in [-0.2, -0.15) is 0 Å². The molecular weight excluding hydrogens is 123 g/mol. The number of hydrogen-bond acceptors (Lipinski definition) is 2. The monoisotopic (exact) mass is 132 g/mol. The summed E-state index contributed by atoms with van der Waals surface area (Å²) in [5, 5.41) is 0. The Labute approximate surface area is 53.3 Å². The first-order valence-electron chi connectivity index (χ1n) is 2.59. The molecule has 0 aromatic carbocycles. The zero-order valence-electron chi connectivity index (χ0n) is 5.26. The molecule has 0 heterocycles. The van der Waals surface area contributed by atoms with E-state index in [0.29, 0.717) is 0 Å². The highest BCUT2D eigenvalue weighted by molar-refractivity contribution is 5.81. The average molecular weight is 132 g/mol. The predicted molar refractivity (Wildman–Crippen MR) is 31.7 cm³/mol. The lowest BCUT2D eigenvalue weighted by atomic mass is 10.4. The molecule has 0 aliphatic carbocycles. The number of hydrogen-bond donors (Lipinski definition) is 0. The van der Waals surface area contributed by atoms with Gasteiger partial charge in [-0.25, -0.2) is 9.18 Å². The molecule has 1 atom stereocenters. The molecule has 0 aliphatic heterocycles. The topological polar surface area (TPSA) is 26.3 Å². The molecule has 0 rings (SSSR count). The number of alkyl halides is 1. The number of carbonyl (C=O) groups excluding carboxylic acids is 1. The minimum Gasteiger partial charge on any atom is -0.457 e. The van der Waals surface area contributed by atoms with E-state index in [1.54, 1.807) is 0 Å². The highest BCUT2D eigenvalue weighted by atomic mass is 19.1. The maximum atomic E-state index is 11.6. The second kappa shape index (κ2) is 4.06. The highest BCUT2D eigenvalue weighted by Crippen LogP contribution is 1.91. The second-order valence-electron chi connectivity index (χ2n) is 1.61. The Balaban J connectivity index is 3.46. The predicted octanol–water partition coefficient (Wildman–Crippen LogP) is 1.07. The van der Waals surface area contributed by atoms with Crippen molar-refractivity contribution in [2.75, 3.05) is 6.67 Å². The van der Waals surface area contributed by atoms with E-state index in [0.717, 1.165) is 6.08 Å². The molecule has 0 aliphatic rings. The van der Waals surface area contributed by atoms with E-state index < -0.39 is 18.7 Å². The van der Waals surface area contributed by atoms with Crippen LogP contribution in [0.2, 0.25) is 0 Å². The van der Waals surface area contributed by atoms with Gasteiger partial charge in [0.1, 0.15) is 12.8 Å². The standard InChI is InChI=1S/C6H9FO2/c1-3-6(8)9-5(2)4-7/h3,5H,1,4H2,2H3. The summed E-state index contributed by atoms with van der Waals surface area (Å²) in [5.74, 6) is -0.583. The zero-order valence-corrected chi connectivity index (χ0v) is 5.26. The summed E-state index contributed by atoms with van der Waals surface area (Å²) in [4.78, 5) is 10.3. The Hall–Kier alpha value is -0.860. The molecule has 0 N–H and O–H groups in total. The summed E-state index contributed by atoms with van der Waals surface area (Å²) in [7, 11) is 0. The maximum absolute atomic E-state index is 11.6. The van der Waals surface area contributed by atoms with Crippen LogP contribution in [-0.4, -0.2) is 18.7 Å². The first-order chi connectivity index (χ1) is 4.20. The smallest absolute Gasteiger partial charge is 0.330 e. The van der Waals surface area contributed by atoms with E-state index in [2.05, 4.69) is 11.3 Å². The van der Waals surface area contributed by atoms with Crippen LogP contribution in [0.1, 0.15) is 6.92 Å². The third kappa shape index (κ3) is 3.70. The van der Waals surface area contributed by atoms with Crippen LogP contribution in [0.4, 0.5) is 4.39 Å². The molecule has 3 heteroatoms. The molecule has 0 spiro atoms. The van der Waals surface area contributed by atoms with Crippen molar-refractivity contribution < 1.29 is 13.9 Å². The van der Waals surface area contributed by atoms with Crippen LogP contribution < -0.4 is 0 Å². The number of carbonyl (C=O) groups is 1. The van der Waals surface area contributed by atoms with Gasteiger partial charge in [0.25, 0.3) is 0 Å². The molecule has 0 amide bonds. The molecule has 0 saturated heterocycles. The molecule has 0 fully saturated rings. The number of ether oxygens (including phenoxy) is 1. The minimum absolute atomic E-state index is 0.583. The molecule has 1 unspecified atom stereocenters. The summed E-state index contributed by atoms with van der Waals surface area (Å²) >= 11 is 0. The number of esters is 1. The summed E-state index contributed by atoms with van der Waals surface area (Å²) in [5.41, 5.74) is 0. The summed E-state index contributed by atoms with van der Waals surface area (Å²) < 4.78 is 16.0. The lowest BCUT2D eigenvalue weighted by Gasteiger charge is -2.05. The van der Waals surface area contributed by atoms with Gasteiger partial charge in [-0.3, -0.25) is 0 Å². The minimum atomic E-state index is -0.657. The fourth-order valence-corrected chi connectivity index (χ4v) is 0.278. The third-order valence-corrected chi connectivity index (χ3v) is 0.701. The van der Waals surface area contributed by atoms with Crippen LogP contribution in [0.25, 0.3) is 0 Å². The summed E-state index contributed by atoms with van der Waals surface area (Å²) in [6.45, 7) is 3.97. The van der Waals surface area contributed by atoms with Crippen molar-refractivity contribution in [2.45, 2.75) is 13.0 Å². The van der Waals surface area contributed by atoms with Gasteiger partial charge < -0.3 is 4.74 Å². The van der Waals surface area contributed by atoms with Crippen molar-refractivity contribution in [1.29, 1.82) is 0 Å². The van der Waals surface area contributed by atoms with Crippen LogP contribution >= 0.6 is 0 Å². The fraction of sp³-hybridized carbons (Fsp3) is 0.500. The van der Waals surface area contributed by atoms with Crippen LogP contribution in [0.5, 0.6) is 0 Å². The second-order valence-corrected chi connectivity index (χ2v) is 1.61. The Morgan fingerprint density at radius 1 is 2.00 bits per heavy atom. The van der Waals surface area contributed by atoms with Crippen LogP contribution in [0, 0.1) is 0 Å². The molecule has 0 bridgehead atoms. The molecule has 0 saturated carbocycles. The SMILES string of the molecule is C=CC(=O)OC(C)CF. The van der Waals surface area contributed by atoms with Crippen molar-refractivity contribution in [1.82, 2.24) is 0 Å². The average Bonchev–Trinajstić information content (AvgIpc) is 1.87. The fourth-order valence-electron chi connectivity index (χ4n) is 0.278. The van der Waals surface area contributed by atoms with Crippen molar-refractivity contribution >= 4 is 5.97 Å². The summed E-state index contributed by atoms with van der Waals surface area (Å²) in [6, 6.07) is 0. The molecule has 52 valence electrons. The molecule has 2 nitrogen and oxygen atoms in total. The maximum Gasteiger partial charge on any atom is 0.330 e. The van der Waals surface area contributed by atoms with Gasteiger partial charge in [0.2, 0.25) is 0 Å². The third-order valence-electron chi connectivity index (χ3n) is 0.701. The van der Waals surface area contributed by atoms with Crippen molar-refractivity contribution in [3.63, 3.8) is 0 Å². The summed E-state index contributed by atoms with van der Waals surface area (Å²) in [6.07, 6.45) is 0.349. The van der Waals surface area contributed by atoms with Gasteiger partial charge in [0, 0.05) is 6.08 Å². The van der Waals surface area contributed by atoms with E-state index in [1.807, 2.05) is 0 Å². The van der Waals surface area contributed by atoms with Gasteiger partial charge >= 0.3 is 5.97 Å². The molecule has 0 radical (unpaired) electrons. The Morgan fingerprint density at radius 2 is 2.56 bits per heavy atom. The zero-order chi connectivity index (χ0) is 7.28. The lowest BCUT2D eigenvalue weighted by molar-refractivity contribution is -0.142. The van der Waals surface area contributed by atoms with Gasteiger partial charge in [-0.1, -0.05) is 6.58 Å². The number of rotatable bonds is 3. The van der Waals surface area contributed by atoms with Gasteiger partial charge in [0.15, 0.2) is 0 Å². The van der Waals surface area contributed by atoms with Crippen molar-refractivity contribution in [2.24, 2.45) is 0 Å². The van der Waals surface area contributed by atoms with Gasteiger partial charge in [-0.05, 0) is 6.92 Å². The van der Waals surface area contributed by atoms with E-state index in [-0.39, 0.29) is 0 Å². The molecule has 0 aromatic rings. The highest BCUT2D eigenvalue weighted by Gasteiger charge is 2.03.